The lowest BCUT2D eigenvalue weighted by molar-refractivity contribution is -0.123. The summed E-state index contributed by atoms with van der Waals surface area (Å²) in [7, 11) is 0. The van der Waals surface area contributed by atoms with Gasteiger partial charge in [-0.1, -0.05) is 76.7 Å². The van der Waals surface area contributed by atoms with Crippen LogP contribution >= 0.6 is 0 Å². The van der Waals surface area contributed by atoms with Gasteiger partial charge in [0, 0.05) is 6.42 Å². The van der Waals surface area contributed by atoms with Gasteiger partial charge >= 0.3 is 0 Å². The highest BCUT2D eigenvalue weighted by atomic mass is 16.3. The van der Waals surface area contributed by atoms with Gasteiger partial charge in [0.25, 0.3) is 0 Å². The van der Waals surface area contributed by atoms with Gasteiger partial charge in [0.2, 0.25) is 5.91 Å². The molecule has 0 aliphatic carbocycles. The summed E-state index contributed by atoms with van der Waals surface area (Å²) in [6.07, 6.45) is 19.9. The van der Waals surface area contributed by atoms with Crippen molar-refractivity contribution in [3.05, 3.63) is 24.3 Å². The van der Waals surface area contributed by atoms with E-state index in [0.29, 0.717) is 6.42 Å². The van der Waals surface area contributed by atoms with E-state index < -0.39 is 12.1 Å². The molecule has 3 N–H and O–H groups in total. The summed E-state index contributed by atoms with van der Waals surface area (Å²) < 4.78 is 0. The van der Waals surface area contributed by atoms with Crippen molar-refractivity contribution in [3.63, 3.8) is 0 Å². The molecule has 152 valence electrons. The highest BCUT2D eigenvalue weighted by Gasteiger charge is 2.17. The third kappa shape index (κ3) is 15.2. The molecule has 0 fully saturated rings. The molecule has 4 nitrogen and oxygen atoms in total. The molecule has 1 amide bonds. The SMILES string of the molecule is CCC/C=C\CCCCCCCC(=O)NC(CO)C(O)/C=C/CCCC. The number of carbonyl (C=O) groups excluding carboxylic acids is 1. The molecular weight excluding hydrogens is 326 g/mol. The third-order valence-electron chi connectivity index (χ3n) is 4.41. The largest absolute Gasteiger partial charge is 0.394 e. The summed E-state index contributed by atoms with van der Waals surface area (Å²) in [4.78, 5) is 12.0. The zero-order valence-electron chi connectivity index (χ0n) is 17.0. The fourth-order valence-corrected chi connectivity index (χ4v) is 2.69. The van der Waals surface area contributed by atoms with Gasteiger partial charge in [-0.15, -0.1) is 0 Å². The minimum absolute atomic E-state index is 0.0902. The van der Waals surface area contributed by atoms with Gasteiger partial charge in [0.15, 0.2) is 0 Å². The highest BCUT2D eigenvalue weighted by molar-refractivity contribution is 5.76. The van der Waals surface area contributed by atoms with Crippen LogP contribution in [0.15, 0.2) is 24.3 Å². The number of aliphatic hydroxyl groups is 2. The van der Waals surface area contributed by atoms with Crippen LogP contribution in [0.4, 0.5) is 0 Å². The molecule has 0 bridgehead atoms. The van der Waals surface area contributed by atoms with E-state index in [2.05, 4.69) is 31.3 Å². The van der Waals surface area contributed by atoms with Crippen LogP contribution in [-0.4, -0.2) is 34.9 Å². The average molecular weight is 368 g/mol. The van der Waals surface area contributed by atoms with Gasteiger partial charge < -0.3 is 15.5 Å². The first-order valence-corrected chi connectivity index (χ1v) is 10.6. The monoisotopic (exact) mass is 367 g/mol. The fourth-order valence-electron chi connectivity index (χ4n) is 2.69. The van der Waals surface area contributed by atoms with Crippen molar-refractivity contribution in [2.75, 3.05) is 6.61 Å². The van der Waals surface area contributed by atoms with E-state index in [1.54, 1.807) is 6.08 Å². The van der Waals surface area contributed by atoms with Gasteiger partial charge in [0.05, 0.1) is 18.8 Å². The van der Waals surface area contributed by atoms with Crippen molar-refractivity contribution in [3.8, 4) is 0 Å². The molecule has 0 saturated heterocycles. The normalized spacial score (nSPS) is 14.2. The number of hydrogen-bond acceptors (Lipinski definition) is 3. The van der Waals surface area contributed by atoms with E-state index in [1.807, 2.05) is 6.08 Å². The summed E-state index contributed by atoms with van der Waals surface area (Å²) in [6.45, 7) is 4.05. The predicted molar refractivity (Wildman–Crippen MR) is 110 cm³/mol. The maximum Gasteiger partial charge on any atom is 0.220 e. The number of amides is 1. The molecule has 2 unspecified atom stereocenters. The minimum atomic E-state index is -0.832. The molecule has 0 heterocycles. The molecule has 0 aliphatic heterocycles. The summed E-state index contributed by atoms with van der Waals surface area (Å²) in [5.74, 6) is -0.0902. The molecule has 26 heavy (non-hydrogen) atoms. The molecule has 0 aromatic heterocycles. The van der Waals surface area contributed by atoms with E-state index in [9.17, 15) is 15.0 Å². The lowest BCUT2D eigenvalue weighted by Crippen LogP contribution is -2.45. The molecule has 0 saturated carbocycles. The molecule has 0 spiro atoms. The minimum Gasteiger partial charge on any atom is -0.394 e. The lowest BCUT2D eigenvalue weighted by Gasteiger charge is -2.19. The summed E-state index contributed by atoms with van der Waals surface area (Å²) in [5.41, 5.74) is 0. The summed E-state index contributed by atoms with van der Waals surface area (Å²) >= 11 is 0. The van der Waals surface area contributed by atoms with Gasteiger partial charge in [-0.05, 0) is 32.1 Å². The van der Waals surface area contributed by atoms with Gasteiger partial charge in [-0.2, -0.15) is 0 Å². The zero-order valence-corrected chi connectivity index (χ0v) is 17.0. The van der Waals surface area contributed by atoms with Crippen LogP contribution in [0.25, 0.3) is 0 Å². The smallest absolute Gasteiger partial charge is 0.220 e. The number of aliphatic hydroxyl groups excluding tert-OH is 2. The Bertz CT molecular complexity index is 380. The van der Waals surface area contributed by atoms with Crippen LogP contribution in [0.3, 0.4) is 0 Å². The van der Waals surface area contributed by atoms with Crippen LogP contribution in [0.2, 0.25) is 0 Å². The third-order valence-corrected chi connectivity index (χ3v) is 4.41. The maximum atomic E-state index is 12.0. The molecular formula is C22H41NO3. The number of rotatable bonds is 17. The van der Waals surface area contributed by atoms with E-state index in [1.165, 1.54) is 25.7 Å². The Labute approximate surface area is 160 Å². The molecule has 0 rings (SSSR count). The summed E-state index contributed by atoms with van der Waals surface area (Å²) in [5, 5.41) is 22.2. The van der Waals surface area contributed by atoms with Crippen molar-refractivity contribution < 1.29 is 15.0 Å². The molecule has 4 heteroatoms. The first kappa shape index (κ1) is 24.9. The van der Waals surface area contributed by atoms with Crippen molar-refractivity contribution in [1.29, 1.82) is 0 Å². The van der Waals surface area contributed by atoms with E-state index in [-0.39, 0.29) is 12.5 Å². The van der Waals surface area contributed by atoms with Crippen molar-refractivity contribution >= 4 is 5.91 Å². The number of nitrogens with one attached hydrogen (secondary N) is 1. The molecule has 0 radical (unpaired) electrons. The van der Waals surface area contributed by atoms with Crippen molar-refractivity contribution in [1.82, 2.24) is 5.32 Å². The Balaban J connectivity index is 3.76. The molecule has 2 atom stereocenters. The van der Waals surface area contributed by atoms with Crippen molar-refractivity contribution in [2.24, 2.45) is 0 Å². The Morgan fingerprint density at radius 1 is 0.885 bits per heavy atom. The Morgan fingerprint density at radius 2 is 1.54 bits per heavy atom. The number of hydrogen-bond donors (Lipinski definition) is 3. The summed E-state index contributed by atoms with van der Waals surface area (Å²) in [6, 6.07) is -0.615. The van der Waals surface area contributed by atoms with E-state index >= 15 is 0 Å². The first-order valence-electron chi connectivity index (χ1n) is 10.6. The molecule has 0 aromatic rings. The number of allylic oxidation sites excluding steroid dienone is 3. The average Bonchev–Trinajstić information content (AvgIpc) is 2.64. The van der Waals surface area contributed by atoms with Gasteiger partial charge in [0.1, 0.15) is 0 Å². The quantitative estimate of drug-likeness (QED) is 0.259. The van der Waals surface area contributed by atoms with Crippen LogP contribution in [0.1, 0.15) is 90.9 Å². The van der Waals surface area contributed by atoms with E-state index in [0.717, 1.165) is 44.9 Å². The standard InChI is InChI=1S/C22H41NO3/c1-3-5-7-9-10-11-12-13-14-16-18-22(26)23-20(19-24)21(25)17-15-8-6-4-2/h7,9,15,17,20-21,24-25H,3-6,8,10-14,16,18-19H2,1-2H3,(H,23,26)/b9-7-,17-15+. The molecule has 0 aliphatic rings. The van der Waals surface area contributed by atoms with Crippen molar-refractivity contribution in [2.45, 2.75) is 103 Å². The second-order valence-electron chi connectivity index (χ2n) is 6.98. The Morgan fingerprint density at radius 3 is 2.23 bits per heavy atom. The van der Waals surface area contributed by atoms with Gasteiger partial charge in [-0.25, -0.2) is 0 Å². The number of carbonyl (C=O) groups is 1. The Hall–Kier alpha value is -1.13. The first-order chi connectivity index (χ1) is 12.7. The molecule has 0 aromatic carbocycles. The Kier molecular flexibility index (Phi) is 17.8. The second-order valence-corrected chi connectivity index (χ2v) is 6.98. The zero-order chi connectivity index (χ0) is 19.5. The fraction of sp³-hybridized carbons (Fsp3) is 0.773. The lowest BCUT2D eigenvalue weighted by atomic mass is 10.1. The topological polar surface area (TPSA) is 69.6 Å². The van der Waals surface area contributed by atoms with Crippen LogP contribution in [0, 0.1) is 0 Å². The van der Waals surface area contributed by atoms with Crippen LogP contribution in [0.5, 0.6) is 0 Å². The highest BCUT2D eigenvalue weighted by Crippen LogP contribution is 2.08. The maximum absolute atomic E-state index is 12.0. The predicted octanol–water partition coefficient (Wildman–Crippen LogP) is 4.66. The second kappa shape index (κ2) is 18.7. The van der Waals surface area contributed by atoms with Crippen LogP contribution < -0.4 is 5.32 Å². The van der Waals surface area contributed by atoms with E-state index in [4.69, 9.17) is 0 Å². The van der Waals surface area contributed by atoms with Crippen LogP contribution in [-0.2, 0) is 4.79 Å². The number of unbranched alkanes of at least 4 members (excludes halogenated alkanes) is 8. The van der Waals surface area contributed by atoms with Gasteiger partial charge in [-0.3, -0.25) is 4.79 Å².